The Morgan fingerprint density at radius 1 is 0.441 bits per heavy atom. The molecule has 0 aromatic rings. The lowest BCUT2D eigenvalue weighted by atomic mass is 10.0. The number of esters is 2. The van der Waals surface area contributed by atoms with Crippen LogP contribution in [0.15, 0.2) is 12.2 Å². The van der Waals surface area contributed by atoms with Gasteiger partial charge >= 0.3 is 11.9 Å². The maximum atomic E-state index is 11.7. The molecule has 0 spiro atoms. The topological polar surface area (TPSA) is 86.7 Å². The Labute approximate surface area is 374 Å². The van der Waals surface area contributed by atoms with E-state index < -0.39 is 0 Å². The van der Waals surface area contributed by atoms with Crippen LogP contribution in [0.5, 0.6) is 0 Å². The molecule has 6 nitrogen and oxygen atoms in total. The summed E-state index contributed by atoms with van der Waals surface area (Å²) in [5, 5.41) is 0.175. The first-order chi connectivity index (χ1) is 28.8. The number of ether oxygens (including phenoxy) is 2. The van der Waals surface area contributed by atoms with Crippen LogP contribution in [0.2, 0.25) is 0 Å². The molecule has 0 amide bonds. The number of thioether (sulfide) groups is 2. The third kappa shape index (κ3) is 54.7. The van der Waals surface area contributed by atoms with Crippen molar-refractivity contribution in [2.75, 3.05) is 24.7 Å². The molecular weight excluding hydrogens is 773 g/mol. The monoisotopic (exact) mass is 869 g/mol. The number of carbonyl (C=O) groups excluding carboxylic acids is 4. The lowest BCUT2D eigenvalue weighted by Gasteiger charge is -2.06. The lowest BCUT2D eigenvalue weighted by molar-refractivity contribution is -0.144. The summed E-state index contributed by atoms with van der Waals surface area (Å²) in [6, 6.07) is 0. The van der Waals surface area contributed by atoms with Crippen molar-refractivity contribution >= 4 is 45.7 Å². The van der Waals surface area contributed by atoms with Crippen molar-refractivity contribution in [2.45, 2.75) is 259 Å². The largest absolute Gasteiger partial charge is 0.466 e. The van der Waals surface area contributed by atoms with Gasteiger partial charge in [-0.25, -0.2) is 0 Å². The molecule has 0 N–H and O–H groups in total. The van der Waals surface area contributed by atoms with Crippen LogP contribution < -0.4 is 0 Å². The molecule has 0 aliphatic heterocycles. The van der Waals surface area contributed by atoms with Gasteiger partial charge in [0.25, 0.3) is 0 Å². The van der Waals surface area contributed by atoms with Crippen molar-refractivity contribution in [3.05, 3.63) is 12.2 Å². The molecule has 0 saturated heterocycles. The van der Waals surface area contributed by atoms with Crippen molar-refractivity contribution in [1.29, 1.82) is 0 Å². The van der Waals surface area contributed by atoms with Crippen LogP contribution in [0.25, 0.3) is 0 Å². The van der Waals surface area contributed by atoms with Gasteiger partial charge in [0.15, 0.2) is 5.12 Å². The number of carbonyl (C=O) groups is 4. The molecule has 0 heterocycles. The third-order valence-electron chi connectivity index (χ3n) is 10.5. The van der Waals surface area contributed by atoms with Crippen molar-refractivity contribution in [2.24, 2.45) is 5.92 Å². The summed E-state index contributed by atoms with van der Waals surface area (Å²) in [5.41, 5.74) is 0. The van der Waals surface area contributed by atoms with E-state index >= 15 is 0 Å². The fourth-order valence-corrected chi connectivity index (χ4v) is 8.53. The zero-order valence-electron chi connectivity index (χ0n) is 39.6. The molecule has 0 aromatic carbocycles. The predicted octanol–water partition coefficient (Wildman–Crippen LogP) is 16.5. The summed E-state index contributed by atoms with van der Waals surface area (Å²) in [6.07, 6.45) is 47.4. The van der Waals surface area contributed by atoms with Gasteiger partial charge in [-0.3, -0.25) is 19.2 Å². The van der Waals surface area contributed by atoms with E-state index in [0.717, 1.165) is 25.7 Å². The van der Waals surface area contributed by atoms with Gasteiger partial charge in [0.2, 0.25) is 5.12 Å². The van der Waals surface area contributed by atoms with E-state index in [1.54, 1.807) is 6.08 Å². The highest BCUT2D eigenvalue weighted by Gasteiger charge is 2.09. The average molecular weight is 869 g/mol. The highest BCUT2D eigenvalue weighted by molar-refractivity contribution is 8.14. The van der Waals surface area contributed by atoms with Crippen LogP contribution in [0, 0.1) is 5.92 Å². The lowest BCUT2D eigenvalue weighted by Crippen LogP contribution is -2.08. The zero-order valence-corrected chi connectivity index (χ0v) is 41.2. The molecule has 0 aromatic heterocycles. The van der Waals surface area contributed by atoms with Crippen molar-refractivity contribution in [3.63, 3.8) is 0 Å². The van der Waals surface area contributed by atoms with E-state index in [4.69, 9.17) is 9.47 Å². The van der Waals surface area contributed by atoms with Gasteiger partial charge in [0.1, 0.15) is 0 Å². The van der Waals surface area contributed by atoms with Gasteiger partial charge in [-0.05, 0) is 31.8 Å². The van der Waals surface area contributed by atoms with Gasteiger partial charge in [-0.1, -0.05) is 250 Å². The van der Waals surface area contributed by atoms with Crippen molar-refractivity contribution in [1.82, 2.24) is 0 Å². The van der Waals surface area contributed by atoms with Gasteiger partial charge in [-0.15, -0.1) is 0 Å². The van der Waals surface area contributed by atoms with Crippen LogP contribution in [0.4, 0.5) is 0 Å². The standard InChI is InChI=1S/C26H50O3S.C25H46O3S/c1-4-5-6-7-8-9-10-11-12-13-14-15-16-17-18-19-21-29-25(27)20-22-30-26(28)23-24(2)3;1-3-5-6-7-8-9-10-11-12-13-14-15-16-17-18-19-22-28-24(26)21-23-29-25(27)20-4-2/h24H,4-23H2,1-3H3;4,20H,3,5-19,21-23H2,1-2H3/b;20-4+. The molecule has 0 atom stereocenters. The summed E-state index contributed by atoms with van der Waals surface area (Å²) < 4.78 is 10.5. The molecule has 0 saturated carbocycles. The summed E-state index contributed by atoms with van der Waals surface area (Å²) >= 11 is 2.43. The minimum Gasteiger partial charge on any atom is -0.466 e. The van der Waals surface area contributed by atoms with Crippen molar-refractivity contribution in [3.8, 4) is 0 Å². The molecule has 0 radical (unpaired) electrons. The Balaban J connectivity index is 0. The number of unbranched alkanes of at least 4 members (excludes halogenated alkanes) is 30. The number of hydrogen-bond acceptors (Lipinski definition) is 8. The normalized spacial score (nSPS) is 11.2. The van der Waals surface area contributed by atoms with Crippen molar-refractivity contribution < 1.29 is 28.7 Å². The molecule has 0 unspecified atom stereocenters. The average Bonchev–Trinajstić information content (AvgIpc) is 3.20. The van der Waals surface area contributed by atoms with E-state index in [9.17, 15) is 19.2 Å². The Morgan fingerprint density at radius 2 is 0.729 bits per heavy atom. The minimum atomic E-state index is -0.188. The highest BCUT2D eigenvalue weighted by atomic mass is 32.2. The fourth-order valence-electron chi connectivity index (χ4n) is 6.88. The summed E-state index contributed by atoms with van der Waals surface area (Å²) in [5.74, 6) is 1.07. The van der Waals surface area contributed by atoms with Crippen LogP contribution >= 0.6 is 23.5 Å². The second-order valence-electron chi connectivity index (χ2n) is 17.0. The Hall–Kier alpha value is -1.28. The fraction of sp³-hybridized carbons (Fsp3) is 0.882. The molecule has 8 heteroatoms. The predicted molar refractivity (Wildman–Crippen MR) is 259 cm³/mol. The number of allylic oxidation sites excluding steroid dienone is 1. The molecule has 0 bridgehead atoms. The van der Waals surface area contributed by atoms with Crippen LogP contribution in [-0.4, -0.2) is 46.9 Å². The SMILES string of the molecule is C/C=C/C(=O)SCCC(=O)OCCCCCCCCCCCCCCCCCC.CCCCCCCCCCCCCCCCCCOC(=O)CCSC(=O)CC(C)C. The van der Waals surface area contributed by atoms with E-state index in [-0.39, 0.29) is 22.2 Å². The summed E-state index contributed by atoms with van der Waals surface area (Å²) in [4.78, 5) is 46.1. The second kappa shape index (κ2) is 51.1. The minimum absolute atomic E-state index is 0.00175. The summed E-state index contributed by atoms with van der Waals surface area (Å²) in [6.45, 7) is 11.5. The van der Waals surface area contributed by atoms with Gasteiger partial charge in [-0.2, -0.15) is 0 Å². The Bertz CT molecular complexity index is 953. The second-order valence-corrected chi connectivity index (χ2v) is 19.3. The summed E-state index contributed by atoms with van der Waals surface area (Å²) in [7, 11) is 0. The molecular formula is C51H96O6S2. The van der Waals surface area contributed by atoms with Crippen LogP contribution in [0.3, 0.4) is 0 Å². The molecule has 0 aliphatic rings. The number of hydrogen-bond donors (Lipinski definition) is 0. The first-order valence-corrected chi connectivity index (χ1v) is 27.0. The molecule has 59 heavy (non-hydrogen) atoms. The first-order valence-electron chi connectivity index (χ1n) is 25.0. The van der Waals surface area contributed by atoms with E-state index in [1.165, 1.54) is 209 Å². The molecule has 0 rings (SSSR count). The molecule has 348 valence electrons. The van der Waals surface area contributed by atoms with Crippen LogP contribution in [-0.2, 0) is 28.7 Å². The van der Waals surface area contributed by atoms with Gasteiger partial charge < -0.3 is 9.47 Å². The molecule has 0 aliphatic carbocycles. The van der Waals surface area contributed by atoms with Gasteiger partial charge in [0, 0.05) is 17.9 Å². The quantitative estimate of drug-likeness (QED) is 0.0340. The highest BCUT2D eigenvalue weighted by Crippen LogP contribution is 2.16. The Morgan fingerprint density at radius 3 is 1.02 bits per heavy atom. The van der Waals surface area contributed by atoms with Crippen LogP contribution in [0.1, 0.15) is 259 Å². The zero-order chi connectivity index (χ0) is 43.7. The number of rotatable bonds is 43. The van der Waals surface area contributed by atoms with E-state index in [1.807, 2.05) is 20.8 Å². The smallest absolute Gasteiger partial charge is 0.306 e. The van der Waals surface area contributed by atoms with Gasteiger partial charge in [0.05, 0.1) is 26.1 Å². The maximum Gasteiger partial charge on any atom is 0.306 e. The van der Waals surface area contributed by atoms with E-state index in [0.29, 0.717) is 49.9 Å². The first kappa shape index (κ1) is 59.8. The van der Waals surface area contributed by atoms with E-state index in [2.05, 4.69) is 13.8 Å². The Kier molecular flexibility index (Phi) is 51.8. The molecule has 0 fully saturated rings. The third-order valence-corrected chi connectivity index (χ3v) is 12.2. The maximum absolute atomic E-state index is 11.7.